The summed E-state index contributed by atoms with van der Waals surface area (Å²) in [6, 6.07) is 2.11. The molecule has 0 aliphatic heterocycles. The average molecular weight is 165 g/mol. The molecule has 0 radical (unpaired) electrons. The van der Waals surface area contributed by atoms with Gasteiger partial charge in [-0.15, -0.1) is 0 Å². The van der Waals surface area contributed by atoms with E-state index < -0.39 is 0 Å². The molecule has 0 unspecified atom stereocenters. The van der Waals surface area contributed by atoms with E-state index in [1.54, 1.807) is 0 Å². The zero-order valence-electron chi connectivity index (χ0n) is 7.40. The van der Waals surface area contributed by atoms with Crippen molar-refractivity contribution in [1.29, 1.82) is 0 Å². The Morgan fingerprint density at radius 2 is 2.58 bits per heavy atom. The summed E-state index contributed by atoms with van der Waals surface area (Å²) >= 11 is 0. The number of hydrogen-bond acceptors (Lipinski definition) is 2. The molecule has 1 aromatic rings. The van der Waals surface area contributed by atoms with E-state index in [1.807, 2.05) is 6.20 Å². The maximum Gasteiger partial charge on any atom is 0.0492 e. The Morgan fingerprint density at radius 3 is 3.17 bits per heavy atom. The molecular formula is C9H15N3. The van der Waals surface area contributed by atoms with Crippen LogP contribution in [0, 0.1) is 5.92 Å². The average Bonchev–Trinajstić information content (AvgIpc) is 2.74. The largest absolute Gasteiger partial charge is 0.330 e. The van der Waals surface area contributed by atoms with Crippen LogP contribution in [0.2, 0.25) is 0 Å². The van der Waals surface area contributed by atoms with Crippen LogP contribution in [0.4, 0.5) is 0 Å². The Labute approximate surface area is 72.6 Å². The first kappa shape index (κ1) is 7.80. The van der Waals surface area contributed by atoms with Crippen molar-refractivity contribution in [2.24, 2.45) is 11.7 Å². The minimum Gasteiger partial charge on any atom is -0.330 e. The highest BCUT2D eigenvalue weighted by Gasteiger charge is 2.38. The van der Waals surface area contributed by atoms with Crippen molar-refractivity contribution in [3.63, 3.8) is 0 Å². The van der Waals surface area contributed by atoms with Gasteiger partial charge in [-0.2, -0.15) is 5.10 Å². The summed E-state index contributed by atoms with van der Waals surface area (Å²) in [5.74, 6) is 1.41. The van der Waals surface area contributed by atoms with Crippen molar-refractivity contribution in [2.45, 2.75) is 25.8 Å². The van der Waals surface area contributed by atoms with Crippen LogP contribution in [0.3, 0.4) is 0 Å². The standard InChI is InChI=1S/C9H15N3/c1-2-12-9(3-4-11-12)8-5-7(8)6-10/h3-4,7-8H,2,5-6,10H2,1H3/t7-,8+/m0/s1. The van der Waals surface area contributed by atoms with E-state index in [1.165, 1.54) is 12.1 Å². The minimum atomic E-state index is 0.692. The predicted octanol–water partition coefficient (Wildman–Crippen LogP) is 0.965. The van der Waals surface area contributed by atoms with Gasteiger partial charge in [0.1, 0.15) is 0 Å². The second-order valence-electron chi connectivity index (χ2n) is 3.41. The first-order valence-electron chi connectivity index (χ1n) is 4.58. The van der Waals surface area contributed by atoms with Gasteiger partial charge in [-0.25, -0.2) is 0 Å². The number of rotatable bonds is 3. The fraction of sp³-hybridized carbons (Fsp3) is 0.667. The van der Waals surface area contributed by atoms with Crippen molar-refractivity contribution in [1.82, 2.24) is 9.78 Å². The molecule has 3 nitrogen and oxygen atoms in total. The minimum absolute atomic E-state index is 0.692. The SMILES string of the molecule is CCn1nccc1[C@@H]1C[C@H]1CN. The van der Waals surface area contributed by atoms with Crippen LogP contribution >= 0.6 is 0 Å². The van der Waals surface area contributed by atoms with E-state index in [4.69, 9.17) is 5.73 Å². The summed E-state index contributed by atoms with van der Waals surface area (Å²) in [4.78, 5) is 0. The van der Waals surface area contributed by atoms with Crippen LogP contribution in [-0.2, 0) is 6.54 Å². The van der Waals surface area contributed by atoms with E-state index in [0.29, 0.717) is 11.8 Å². The monoisotopic (exact) mass is 165 g/mol. The Bertz CT molecular complexity index is 266. The van der Waals surface area contributed by atoms with Gasteiger partial charge in [-0.05, 0) is 31.9 Å². The molecule has 0 aromatic carbocycles. The lowest BCUT2D eigenvalue weighted by Crippen LogP contribution is -2.05. The highest BCUT2D eigenvalue weighted by molar-refractivity contribution is 5.17. The van der Waals surface area contributed by atoms with Gasteiger partial charge in [0.05, 0.1) is 0 Å². The van der Waals surface area contributed by atoms with Crippen LogP contribution in [0.5, 0.6) is 0 Å². The van der Waals surface area contributed by atoms with Gasteiger partial charge in [-0.3, -0.25) is 4.68 Å². The van der Waals surface area contributed by atoms with Crippen molar-refractivity contribution < 1.29 is 0 Å². The summed E-state index contributed by atoms with van der Waals surface area (Å²) in [5.41, 5.74) is 6.96. The van der Waals surface area contributed by atoms with Crippen LogP contribution in [0.15, 0.2) is 12.3 Å². The van der Waals surface area contributed by atoms with Gasteiger partial charge < -0.3 is 5.73 Å². The quantitative estimate of drug-likeness (QED) is 0.725. The van der Waals surface area contributed by atoms with E-state index in [-0.39, 0.29) is 0 Å². The van der Waals surface area contributed by atoms with Crippen molar-refractivity contribution in [3.8, 4) is 0 Å². The molecule has 0 bridgehead atoms. The molecular weight excluding hydrogens is 150 g/mol. The third kappa shape index (κ3) is 1.14. The molecule has 2 atom stereocenters. The number of nitrogens with two attached hydrogens (primary N) is 1. The molecule has 1 fully saturated rings. The number of aryl methyl sites for hydroxylation is 1. The first-order valence-corrected chi connectivity index (χ1v) is 4.58. The molecule has 1 saturated carbocycles. The molecule has 2 N–H and O–H groups in total. The molecule has 1 aromatic heterocycles. The van der Waals surface area contributed by atoms with E-state index in [0.717, 1.165) is 13.1 Å². The van der Waals surface area contributed by atoms with E-state index in [2.05, 4.69) is 22.8 Å². The second-order valence-corrected chi connectivity index (χ2v) is 3.41. The predicted molar refractivity (Wildman–Crippen MR) is 47.8 cm³/mol. The molecule has 0 saturated heterocycles. The van der Waals surface area contributed by atoms with Crippen LogP contribution in [0.25, 0.3) is 0 Å². The maximum atomic E-state index is 5.59. The topological polar surface area (TPSA) is 43.8 Å². The number of aromatic nitrogens is 2. The number of nitrogens with zero attached hydrogens (tertiary/aromatic N) is 2. The molecule has 3 heteroatoms. The summed E-state index contributed by atoms with van der Waals surface area (Å²) < 4.78 is 2.07. The third-order valence-corrected chi connectivity index (χ3v) is 2.65. The van der Waals surface area contributed by atoms with Gasteiger partial charge in [-0.1, -0.05) is 0 Å². The lowest BCUT2D eigenvalue weighted by molar-refractivity contribution is 0.613. The summed E-state index contributed by atoms with van der Waals surface area (Å²) in [5, 5.41) is 4.24. The smallest absolute Gasteiger partial charge is 0.0492 e. The fourth-order valence-electron chi connectivity index (χ4n) is 1.79. The molecule has 2 rings (SSSR count). The van der Waals surface area contributed by atoms with Crippen molar-refractivity contribution in [3.05, 3.63) is 18.0 Å². The van der Waals surface area contributed by atoms with Crippen molar-refractivity contribution >= 4 is 0 Å². The lowest BCUT2D eigenvalue weighted by Gasteiger charge is -2.02. The molecule has 1 aliphatic rings. The van der Waals surface area contributed by atoms with Crippen LogP contribution in [0.1, 0.15) is 25.0 Å². The highest BCUT2D eigenvalue weighted by atomic mass is 15.3. The highest BCUT2D eigenvalue weighted by Crippen LogP contribution is 2.46. The first-order chi connectivity index (χ1) is 5.86. The molecule has 1 aliphatic carbocycles. The zero-order chi connectivity index (χ0) is 8.55. The van der Waals surface area contributed by atoms with Gasteiger partial charge in [0.2, 0.25) is 0 Å². The summed E-state index contributed by atoms with van der Waals surface area (Å²) in [6.45, 7) is 3.91. The number of hydrogen-bond donors (Lipinski definition) is 1. The van der Waals surface area contributed by atoms with E-state index in [9.17, 15) is 0 Å². The Kier molecular flexibility index (Phi) is 1.89. The van der Waals surface area contributed by atoms with Gasteiger partial charge in [0.15, 0.2) is 0 Å². The third-order valence-electron chi connectivity index (χ3n) is 2.65. The summed E-state index contributed by atoms with van der Waals surface area (Å²) in [6.07, 6.45) is 3.13. The van der Waals surface area contributed by atoms with Gasteiger partial charge in [0, 0.05) is 24.4 Å². The fourth-order valence-corrected chi connectivity index (χ4v) is 1.79. The Balaban J connectivity index is 2.13. The van der Waals surface area contributed by atoms with Gasteiger partial charge >= 0.3 is 0 Å². The van der Waals surface area contributed by atoms with Crippen LogP contribution in [-0.4, -0.2) is 16.3 Å². The van der Waals surface area contributed by atoms with Crippen molar-refractivity contribution in [2.75, 3.05) is 6.54 Å². The van der Waals surface area contributed by atoms with Gasteiger partial charge in [0.25, 0.3) is 0 Å². The Morgan fingerprint density at radius 1 is 1.75 bits per heavy atom. The molecule has 0 amide bonds. The normalized spacial score (nSPS) is 27.5. The second kappa shape index (κ2) is 2.90. The molecule has 66 valence electrons. The Hall–Kier alpha value is -0.830. The maximum absolute atomic E-state index is 5.59. The molecule has 1 heterocycles. The van der Waals surface area contributed by atoms with Crippen LogP contribution < -0.4 is 5.73 Å². The molecule has 0 spiro atoms. The zero-order valence-corrected chi connectivity index (χ0v) is 7.40. The van der Waals surface area contributed by atoms with E-state index >= 15 is 0 Å². The summed E-state index contributed by atoms with van der Waals surface area (Å²) in [7, 11) is 0. The molecule has 12 heavy (non-hydrogen) atoms. The lowest BCUT2D eigenvalue weighted by atomic mass is 10.2.